The third kappa shape index (κ3) is 3.19. The highest BCUT2D eigenvalue weighted by Gasteiger charge is 2.12. The Morgan fingerprint density at radius 3 is 2.68 bits per heavy atom. The van der Waals surface area contributed by atoms with Crippen molar-refractivity contribution in [3.8, 4) is 5.75 Å². The molecule has 4 nitrogen and oxygen atoms in total. The van der Waals surface area contributed by atoms with Gasteiger partial charge in [0.15, 0.2) is 0 Å². The first-order valence-electron chi connectivity index (χ1n) is 5.32. The minimum absolute atomic E-state index is 0.0266. The number of nitrogens with two attached hydrogens (primary N) is 1. The molecule has 2 rings (SSSR count). The lowest BCUT2D eigenvalue weighted by Gasteiger charge is -2.09. The standard InChI is InChI=1S/C13H10BrClN2O2/c14-7-1-4-12(10(15)5-7)17-13(19)9-6-8(18)2-3-11(9)16/h1-6,18H,16H2,(H,17,19). The van der Waals surface area contributed by atoms with E-state index in [1.165, 1.54) is 18.2 Å². The molecular weight excluding hydrogens is 332 g/mol. The van der Waals surface area contributed by atoms with Crippen LogP contribution < -0.4 is 11.1 Å². The van der Waals surface area contributed by atoms with Crippen molar-refractivity contribution in [3.63, 3.8) is 0 Å². The lowest BCUT2D eigenvalue weighted by Crippen LogP contribution is -2.14. The number of nitrogen functional groups attached to an aromatic ring is 1. The smallest absolute Gasteiger partial charge is 0.257 e. The van der Waals surface area contributed by atoms with Gasteiger partial charge < -0.3 is 16.2 Å². The molecular formula is C13H10BrClN2O2. The number of benzene rings is 2. The van der Waals surface area contributed by atoms with Crippen molar-refractivity contribution in [2.45, 2.75) is 0 Å². The van der Waals surface area contributed by atoms with Crippen LogP contribution in [0, 0.1) is 0 Å². The number of hydrogen-bond acceptors (Lipinski definition) is 3. The number of phenols is 1. The number of carbonyl (C=O) groups is 1. The number of carbonyl (C=O) groups excluding carboxylic acids is 1. The van der Waals surface area contributed by atoms with E-state index in [1.807, 2.05) is 0 Å². The van der Waals surface area contributed by atoms with Crippen LogP contribution in [-0.4, -0.2) is 11.0 Å². The lowest BCUT2D eigenvalue weighted by atomic mass is 10.1. The van der Waals surface area contributed by atoms with Crippen molar-refractivity contribution in [1.82, 2.24) is 0 Å². The molecule has 0 aromatic heterocycles. The van der Waals surface area contributed by atoms with Crippen LogP contribution in [0.1, 0.15) is 10.4 Å². The molecule has 0 unspecified atom stereocenters. The van der Waals surface area contributed by atoms with Crippen LogP contribution in [-0.2, 0) is 0 Å². The van der Waals surface area contributed by atoms with E-state index in [2.05, 4.69) is 21.2 Å². The van der Waals surface area contributed by atoms with Crippen LogP contribution in [0.5, 0.6) is 5.75 Å². The molecule has 0 fully saturated rings. The summed E-state index contributed by atoms with van der Waals surface area (Å²) in [6.45, 7) is 0. The third-order valence-electron chi connectivity index (χ3n) is 2.46. The zero-order chi connectivity index (χ0) is 14.0. The van der Waals surface area contributed by atoms with Crippen LogP contribution in [0.15, 0.2) is 40.9 Å². The van der Waals surface area contributed by atoms with Crippen LogP contribution in [0.25, 0.3) is 0 Å². The highest BCUT2D eigenvalue weighted by atomic mass is 79.9. The SMILES string of the molecule is Nc1ccc(O)cc1C(=O)Nc1ccc(Br)cc1Cl. The predicted molar refractivity (Wildman–Crippen MR) is 79.6 cm³/mol. The van der Waals surface area contributed by atoms with Gasteiger partial charge in [-0.15, -0.1) is 0 Å². The Bertz CT molecular complexity index is 647. The van der Waals surface area contributed by atoms with Crippen LogP contribution in [0.3, 0.4) is 0 Å². The molecule has 0 saturated carbocycles. The van der Waals surface area contributed by atoms with Gasteiger partial charge in [-0.2, -0.15) is 0 Å². The molecule has 4 N–H and O–H groups in total. The fraction of sp³-hybridized carbons (Fsp3) is 0. The molecule has 98 valence electrons. The summed E-state index contributed by atoms with van der Waals surface area (Å²) in [5.41, 5.74) is 6.64. The topological polar surface area (TPSA) is 75.3 Å². The zero-order valence-corrected chi connectivity index (χ0v) is 12.0. The van der Waals surface area contributed by atoms with E-state index < -0.39 is 5.91 Å². The van der Waals surface area contributed by atoms with Crippen LogP contribution in [0.2, 0.25) is 5.02 Å². The van der Waals surface area contributed by atoms with Gasteiger partial charge in [0, 0.05) is 10.2 Å². The molecule has 0 heterocycles. The van der Waals surface area contributed by atoms with Gasteiger partial charge in [0.25, 0.3) is 5.91 Å². The van der Waals surface area contributed by atoms with E-state index in [1.54, 1.807) is 18.2 Å². The van der Waals surface area contributed by atoms with Crippen molar-refractivity contribution in [3.05, 3.63) is 51.5 Å². The zero-order valence-electron chi connectivity index (χ0n) is 9.65. The molecule has 2 aromatic rings. The summed E-state index contributed by atoms with van der Waals surface area (Å²) in [5, 5.41) is 12.4. The summed E-state index contributed by atoms with van der Waals surface area (Å²) in [6, 6.07) is 9.28. The largest absolute Gasteiger partial charge is 0.508 e. The van der Waals surface area contributed by atoms with E-state index in [-0.39, 0.29) is 17.0 Å². The van der Waals surface area contributed by atoms with E-state index in [0.29, 0.717) is 10.7 Å². The molecule has 6 heteroatoms. The summed E-state index contributed by atoms with van der Waals surface area (Å²) < 4.78 is 0.812. The first-order valence-corrected chi connectivity index (χ1v) is 6.49. The summed E-state index contributed by atoms with van der Waals surface area (Å²) in [4.78, 5) is 12.1. The average molecular weight is 342 g/mol. The Hall–Kier alpha value is -1.72. The normalized spacial score (nSPS) is 10.2. The number of aromatic hydroxyl groups is 1. The van der Waals surface area contributed by atoms with Gasteiger partial charge in [-0.1, -0.05) is 27.5 Å². The highest BCUT2D eigenvalue weighted by molar-refractivity contribution is 9.10. The molecule has 1 amide bonds. The molecule has 19 heavy (non-hydrogen) atoms. The van der Waals surface area contributed by atoms with E-state index in [9.17, 15) is 9.90 Å². The van der Waals surface area contributed by atoms with E-state index >= 15 is 0 Å². The first kappa shape index (κ1) is 13.7. The maximum Gasteiger partial charge on any atom is 0.257 e. The van der Waals surface area contributed by atoms with Gasteiger partial charge >= 0.3 is 0 Å². The Morgan fingerprint density at radius 1 is 1.26 bits per heavy atom. The molecule has 0 atom stereocenters. The monoisotopic (exact) mass is 340 g/mol. The number of hydrogen-bond donors (Lipinski definition) is 3. The van der Waals surface area contributed by atoms with Crippen molar-refractivity contribution in [2.75, 3.05) is 11.1 Å². The highest BCUT2D eigenvalue weighted by Crippen LogP contribution is 2.27. The maximum absolute atomic E-state index is 12.1. The van der Waals surface area contributed by atoms with Crippen LogP contribution in [0.4, 0.5) is 11.4 Å². The molecule has 0 saturated heterocycles. The molecule has 0 aliphatic rings. The van der Waals surface area contributed by atoms with Crippen molar-refractivity contribution in [2.24, 2.45) is 0 Å². The summed E-state index contributed by atoms with van der Waals surface area (Å²) in [6.07, 6.45) is 0. The van der Waals surface area contributed by atoms with Gasteiger partial charge in [-0.25, -0.2) is 0 Å². The first-order chi connectivity index (χ1) is 8.97. The third-order valence-corrected chi connectivity index (χ3v) is 3.27. The number of anilines is 2. The van der Waals surface area contributed by atoms with Crippen molar-refractivity contribution < 1.29 is 9.90 Å². The average Bonchev–Trinajstić information content (AvgIpc) is 2.35. The molecule has 0 aliphatic carbocycles. The lowest BCUT2D eigenvalue weighted by molar-refractivity contribution is 0.102. The van der Waals surface area contributed by atoms with Crippen molar-refractivity contribution in [1.29, 1.82) is 0 Å². The second kappa shape index (κ2) is 5.50. The van der Waals surface area contributed by atoms with Gasteiger partial charge in [0.1, 0.15) is 5.75 Å². The summed E-state index contributed by atoms with van der Waals surface area (Å²) >= 11 is 9.29. The van der Waals surface area contributed by atoms with Gasteiger partial charge in [0.2, 0.25) is 0 Å². The fourth-order valence-electron chi connectivity index (χ4n) is 1.52. The number of phenolic OH excluding ortho intramolecular Hbond substituents is 1. The number of halogens is 2. The Morgan fingerprint density at radius 2 is 2.00 bits per heavy atom. The number of nitrogens with one attached hydrogen (secondary N) is 1. The number of rotatable bonds is 2. The summed E-state index contributed by atoms with van der Waals surface area (Å²) in [5.74, 6) is -0.459. The Balaban J connectivity index is 2.28. The predicted octanol–water partition coefficient (Wildman–Crippen LogP) is 3.64. The Kier molecular flexibility index (Phi) is 3.97. The molecule has 0 bridgehead atoms. The van der Waals surface area contributed by atoms with Gasteiger partial charge in [-0.05, 0) is 36.4 Å². The van der Waals surface area contributed by atoms with E-state index in [0.717, 1.165) is 4.47 Å². The quantitative estimate of drug-likeness (QED) is 0.576. The maximum atomic E-state index is 12.1. The van der Waals surface area contributed by atoms with Gasteiger partial charge in [-0.3, -0.25) is 4.79 Å². The van der Waals surface area contributed by atoms with Crippen LogP contribution >= 0.6 is 27.5 Å². The minimum atomic E-state index is -0.433. The minimum Gasteiger partial charge on any atom is -0.508 e. The molecule has 0 spiro atoms. The Labute approximate surface area is 123 Å². The fourth-order valence-corrected chi connectivity index (χ4v) is 2.24. The van der Waals surface area contributed by atoms with Gasteiger partial charge in [0.05, 0.1) is 16.3 Å². The molecule has 2 aromatic carbocycles. The van der Waals surface area contributed by atoms with E-state index in [4.69, 9.17) is 17.3 Å². The number of amides is 1. The summed E-state index contributed by atoms with van der Waals surface area (Å²) in [7, 11) is 0. The second-order valence-electron chi connectivity index (χ2n) is 3.85. The van der Waals surface area contributed by atoms with Crippen molar-refractivity contribution >= 4 is 44.8 Å². The molecule has 0 aliphatic heterocycles. The second-order valence-corrected chi connectivity index (χ2v) is 5.17. The molecule has 0 radical (unpaired) electrons.